The van der Waals surface area contributed by atoms with E-state index in [1.807, 2.05) is 0 Å². The average Bonchev–Trinajstić information content (AvgIpc) is 2.77. The molecule has 5 atom stereocenters. The van der Waals surface area contributed by atoms with Crippen LogP contribution in [-0.2, 0) is 4.74 Å². The maximum Gasteiger partial charge on any atom is 0.194 e. The largest absolute Gasteiger partial charge is 0.394 e. The molecule has 1 fully saturated rings. The molecule has 7 nitrogen and oxygen atoms in total. The van der Waals surface area contributed by atoms with Gasteiger partial charge in [-0.05, 0) is 30.3 Å². The molecule has 1 saturated heterocycles. The normalized spacial score (nSPS) is 25.7. The van der Waals surface area contributed by atoms with E-state index >= 15 is 0 Å². The Morgan fingerprint density at radius 2 is 1.82 bits per heavy atom. The number of hydrogen-bond donors (Lipinski definition) is 5. The molecule has 1 aliphatic rings. The lowest BCUT2D eigenvalue weighted by Gasteiger charge is -2.42. The molecule has 0 aliphatic carbocycles. The second kappa shape index (κ2) is 11.0. The van der Waals surface area contributed by atoms with Gasteiger partial charge in [-0.25, -0.2) is 18.7 Å². The Bertz CT molecular complexity index is 1040. The quantitative estimate of drug-likeness (QED) is 0.277. The third kappa shape index (κ3) is 5.80. The molecule has 0 bridgehead atoms. The van der Waals surface area contributed by atoms with E-state index < -0.39 is 53.8 Å². The Morgan fingerprint density at radius 1 is 1.15 bits per heavy atom. The van der Waals surface area contributed by atoms with E-state index in [-0.39, 0.29) is 11.3 Å². The zero-order valence-electron chi connectivity index (χ0n) is 16.6. The fourth-order valence-corrected chi connectivity index (χ4v) is 4.75. The number of nitrogens with zero attached hydrogens (tertiary/aromatic N) is 1. The summed E-state index contributed by atoms with van der Waals surface area (Å²) < 4.78 is 45.9. The van der Waals surface area contributed by atoms with Crippen LogP contribution in [0.5, 0.6) is 0 Å². The Balaban J connectivity index is 1.85. The smallest absolute Gasteiger partial charge is 0.194 e. The van der Waals surface area contributed by atoms with Crippen LogP contribution in [0.3, 0.4) is 0 Å². The fraction of sp³-hybridized carbons (Fsp3) is 0.300. The molecule has 1 aliphatic heterocycles. The molecular weight excluding hydrogens is 506 g/mol. The molecule has 0 radical (unpaired) electrons. The SMILES string of the molecule is N=N/C(=C\NC1C(O)[C@@H](Sc2ccc(Cl)cc2Cl)OC(CO)[C@@H]1O)c1cc(F)c(F)c(F)c1. The number of benzene rings is 2. The van der Waals surface area contributed by atoms with Gasteiger partial charge in [0.25, 0.3) is 0 Å². The van der Waals surface area contributed by atoms with Gasteiger partial charge < -0.3 is 25.4 Å². The summed E-state index contributed by atoms with van der Waals surface area (Å²) in [5.41, 5.74) is 5.73. The maximum atomic E-state index is 13.6. The van der Waals surface area contributed by atoms with Gasteiger partial charge in [0.05, 0.1) is 17.7 Å². The van der Waals surface area contributed by atoms with Gasteiger partial charge in [-0.3, -0.25) is 0 Å². The Kier molecular flexibility index (Phi) is 8.62. The van der Waals surface area contributed by atoms with Crippen molar-refractivity contribution in [3.63, 3.8) is 0 Å². The first kappa shape index (κ1) is 25.8. The highest BCUT2D eigenvalue weighted by Gasteiger charge is 2.44. The van der Waals surface area contributed by atoms with Crippen molar-refractivity contribution in [2.45, 2.75) is 34.7 Å². The van der Waals surface area contributed by atoms with E-state index in [0.29, 0.717) is 27.1 Å². The zero-order chi connectivity index (χ0) is 24.3. The molecular formula is C20H18Cl2F3N3O4S. The second-order valence-electron chi connectivity index (χ2n) is 6.99. The topological polar surface area (TPSA) is 118 Å². The van der Waals surface area contributed by atoms with E-state index in [9.17, 15) is 28.5 Å². The van der Waals surface area contributed by atoms with Crippen LogP contribution < -0.4 is 5.32 Å². The molecule has 33 heavy (non-hydrogen) atoms. The monoisotopic (exact) mass is 523 g/mol. The molecule has 13 heteroatoms. The van der Waals surface area contributed by atoms with Gasteiger partial charge in [0.15, 0.2) is 17.5 Å². The molecule has 0 spiro atoms. The van der Waals surface area contributed by atoms with Crippen LogP contribution in [-0.4, -0.2) is 51.7 Å². The van der Waals surface area contributed by atoms with Crippen LogP contribution in [0.15, 0.2) is 46.5 Å². The van der Waals surface area contributed by atoms with Gasteiger partial charge in [0.1, 0.15) is 29.4 Å². The van der Waals surface area contributed by atoms with Crippen LogP contribution in [0, 0.1) is 23.0 Å². The van der Waals surface area contributed by atoms with Crippen LogP contribution in [0.1, 0.15) is 5.56 Å². The zero-order valence-corrected chi connectivity index (χ0v) is 18.9. The van der Waals surface area contributed by atoms with Crippen LogP contribution >= 0.6 is 35.0 Å². The number of aliphatic hydroxyl groups excluding tert-OH is 3. The minimum atomic E-state index is -1.67. The van der Waals surface area contributed by atoms with Crippen molar-refractivity contribution in [1.29, 1.82) is 5.53 Å². The first-order valence-electron chi connectivity index (χ1n) is 9.39. The summed E-state index contributed by atoms with van der Waals surface area (Å²) in [6, 6.07) is 4.86. The highest BCUT2D eigenvalue weighted by Crippen LogP contribution is 2.37. The minimum Gasteiger partial charge on any atom is -0.394 e. The fourth-order valence-electron chi connectivity index (χ4n) is 3.14. The molecule has 178 valence electrons. The summed E-state index contributed by atoms with van der Waals surface area (Å²) in [4.78, 5) is 0.520. The molecule has 1 heterocycles. The highest BCUT2D eigenvalue weighted by atomic mass is 35.5. The summed E-state index contributed by atoms with van der Waals surface area (Å²) in [6.45, 7) is -0.578. The Labute approximate surface area is 200 Å². The lowest BCUT2D eigenvalue weighted by Crippen LogP contribution is -2.61. The third-order valence-corrected chi connectivity index (χ3v) is 6.73. The summed E-state index contributed by atoms with van der Waals surface area (Å²) in [7, 11) is 0. The lowest BCUT2D eigenvalue weighted by molar-refractivity contribution is -0.164. The minimum absolute atomic E-state index is 0.248. The summed E-state index contributed by atoms with van der Waals surface area (Å²) >= 11 is 13.1. The predicted octanol–water partition coefficient (Wildman–Crippen LogP) is 3.93. The van der Waals surface area contributed by atoms with Crippen LogP contribution in [0.2, 0.25) is 10.0 Å². The highest BCUT2D eigenvalue weighted by molar-refractivity contribution is 8.00. The van der Waals surface area contributed by atoms with Crippen molar-refractivity contribution < 1.29 is 33.2 Å². The van der Waals surface area contributed by atoms with Crippen LogP contribution in [0.4, 0.5) is 13.2 Å². The van der Waals surface area contributed by atoms with Gasteiger partial charge in [-0.2, -0.15) is 5.11 Å². The van der Waals surface area contributed by atoms with Gasteiger partial charge >= 0.3 is 0 Å². The van der Waals surface area contributed by atoms with Crippen LogP contribution in [0.25, 0.3) is 5.70 Å². The van der Waals surface area contributed by atoms with Crippen molar-refractivity contribution >= 4 is 40.7 Å². The van der Waals surface area contributed by atoms with E-state index in [2.05, 4.69) is 10.4 Å². The van der Waals surface area contributed by atoms with E-state index in [1.54, 1.807) is 12.1 Å². The molecule has 3 rings (SSSR count). The summed E-state index contributed by atoms with van der Waals surface area (Å²) in [5, 5.41) is 37.4. The maximum absolute atomic E-state index is 13.6. The van der Waals surface area contributed by atoms with Crippen molar-refractivity contribution in [2.75, 3.05) is 6.61 Å². The van der Waals surface area contributed by atoms with Crippen molar-refractivity contribution in [1.82, 2.24) is 5.32 Å². The molecule has 2 aromatic carbocycles. The van der Waals surface area contributed by atoms with Gasteiger partial charge in [0, 0.05) is 21.7 Å². The molecule has 0 aromatic heterocycles. The summed E-state index contributed by atoms with van der Waals surface area (Å²) in [5.74, 6) is -4.61. The lowest BCUT2D eigenvalue weighted by atomic mass is 9.97. The van der Waals surface area contributed by atoms with E-state index in [1.165, 1.54) is 6.07 Å². The van der Waals surface area contributed by atoms with Gasteiger partial charge in [-0.1, -0.05) is 35.0 Å². The van der Waals surface area contributed by atoms with Crippen molar-refractivity contribution in [3.05, 3.63) is 69.6 Å². The number of aliphatic hydroxyl groups is 3. The predicted molar refractivity (Wildman–Crippen MR) is 116 cm³/mol. The molecule has 3 unspecified atom stereocenters. The molecule has 2 aromatic rings. The molecule has 0 amide bonds. The second-order valence-corrected chi connectivity index (χ2v) is 8.97. The van der Waals surface area contributed by atoms with E-state index in [0.717, 1.165) is 18.0 Å². The number of thioether (sulfide) groups is 1. The molecule has 0 saturated carbocycles. The first-order chi connectivity index (χ1) is 15.7. The first-order valence-corrected chi connectivity index (χ1v) is 11.0. The van der Waals surface area contributed by atoms with Crippen molar-refractivity contribution in [3.8, 4) is 0 Å². The Hall–Kier alpha value is -1.86. The third-order valence-electron chi connectivity index (χ3n) is 4.83. The standard InChI is InChI=1S/C20H18Cl2F3N3O4S/c21-9-1-2-15(10(22)5-9)33-20-19(31)17(18(30)14(7-29)32-20)27-6-13(28-26)8-3-11(23)16(25)12(24)4-8/h1-6,14,17-20,26-27,29-31H,7H2/b13-6-,28-26?/t14?,17?,18-,19?,20+/m0/s1. The number of nitrogens with one attached hydrogen (secondary N) is 2. The number of rotatable bonds is 7. The van der Waals surface area contributed by atoms with Gasteiger partial charge in [0.2, 0.25) is 0 Å². The van der Waals surface area contributed by atoms with Crippen molar-refractivity contribution in [2.24, 2.45) is 5.11 Å². The number of ether oxygens (including phenoxy) is 1. The molecule has 5 N–H and O–H groups in total. The Morgan fingerprint density at radius 3 is 2.39 bits per heavy atom. The number of halogens is 5. The van der Waals surface area contributed by atoms with E-state index in [4.69, 9.17) is 33.5 Å². The average molecular weight is 524 g/mol. The summed E-state index contributed by atoms with van der Waals surface area (Å²) in [6.07, 6.45) is -2.84. The van der Waals surface area contributed by atoms with Gasteiger partial charge in [-0.15, -0.1) is 0 Å². The number of hydrogen-bond acceptors (Lipinski definition) is 8.